The highest BCUT2D eigenvalue weighted by molar-refractivity contribution is 7.13. The van der Waals surface area contributed by atoms with Gasteiger partial charge in [-0.05, 0) is 6.92 Å². The molecule has 3 unspecified atom stereocenters. The van der Waals surface area contributed by atoms with Gasteiger partial charge < -0.3 is 5.11 Å². The van der Waals surface area contributed by atoms with Crippen molar-refractivity contribution in [3.05, 3.63) is 0 Å². The lowest BCUT2D eigenvalue weighted by molar-refractivity contribution is -0.141. The summed E-state index contributed by atoms with van der Waals surface area (Å²) >= 11 is 0. The Balaban J connectivity index is 2.74. The first-order chi connectivity index (χ1) is 5.04. The molecule has 5 heteroatoms. The molecule has 0 aromatic rings. The van der Waals surface area contributed by atoms with Crippen molar-refractivity contribution in [2.24, 2.45) is 0 Å². The summed E-state index contributed by atoms with van der Waals surface area (Å²) in [6.45, 7) is 1.71. The van der Waals surface area contributed by atoms with Crippen LogP contribution in [-0.4, -0.2) is 33.6 Å². The summed E-state index contributed by atoms with van der Waals surface area (Å²) in [6, 6.07) is -0.927. The van der Waals surface area contributed by atoms with E-state index in [9.17, 15) is 9.59 Å². The predicted molar refractivity (Wildman–Crippen MR) is 42.1 cm³/mol. The van der Waals surface area contributed by atoms with Crippen molar-refractivity contribution in [3.8, 4) is 0 Å². The number of carboxylic acid groups (broad SMARTS) is 1. The van der Waals surface area contributed by atoms with Crippen molar-refractivity contribution < 1.29 is 14.7 Å². The van der Waals surface area contributed by atoms with E-state index in [0.29, 0.717) is 0 Å². The van der Waals surface area contributed by atoms with E-state index in [1.165, 1.54) is 4.67 Å². The molecule has 1 fully saturated rings. The van der Waals surface area contributed by atoms with Crippen molar-refractivity contribution in [1.82, 2.24) is 4.67 Å². The average Bonchev–Trinajstić information content (AvgIpc) is 2.17. The van der Waals surface area contributed by atoms with Crippen LogP contribution in [0.4, 0.5) is 0 Å². The first-order valence-electron chi connectivity index (χ1n) is 3.32. The lowest BCUT2D eigenvalue weighted by Crippen LogP contribution is -2.32. The first-order valence-corrected chi connectivity index (χ1v) is 3.84. The smallest absolute Gasteiger partial charge is 0.321 e. The van der Waals surface area contributed by atoms with Crippen LogP contribution in [0.3, 0.4) is 0 Å². The zero-order valence-corrected chi connectivity index (χ0v) is 7.30. The monoisotopic (exact) mass is 175 g/mol. The lowest BCUT2D eigenvalue weighted by atomic mass is 10.2. The van der Waals surface area contributed by atoms with E-state index in [1.807, 2.05) is 0 Å². The number of ketones is 1. The second-order valence-corrected chi connectivity index (χ2v) is 3.24. The summed E-state index contributed by atoms with van der Waals surface area (Å²) in [6.07, 6.45) is 0.125. The van der Waals surface area contributed by atoms with Gasteiger partial charge in [0.25, 0.3) is 0 Å². The molecule has 0 radical (unpaired) electrons. The number of Topliss-reactive ketones (excluding diaryl/α,β-unsaturated/α-hetero) is 1. The number of nitrogens with zero attached hydrogens (tertiary/aromatic N) is 1. The third-order valence-corrected chi connectivity index (χ3v) is 2.76. The first kappa shape index (κ1) is 8.62. The van der Waals surface area contributed by atoms with Gasteiger partial charge in [-0.3, -0.25) is 14.3 Å². The molecular weight excluding hydrogens is 165 g/mol. The molecule has 62 valence electrons. The van der Waals surface area contributed by atoms with Crippen molar-refractivity contribution in [3.63, 3.8) is 0 Å². The van der Waals surface area contributed by atoms with E-state index < -0.39 is 12.0 Å². The zero-order valence-electron chi connectivity index (χ0n) is 6.15. The fourth-order valence-corrected chi connectivity index (χ4v) is 1.52. The summed E-state index contributed by atoms with van der Waals surface area (Å²) < 4.78 is 1.50. The molecular formula is C6H10NO3P. The molecule has 0 bridgehead atoms. The number of rotatable bonds is 1. The highest BCUT2D eigenvalue weighted by Gasteiger charge is 2.38. The van der Waals surface area contributed by atoms with E-state index in [1.54, 1.807) is 6.92 Å². The Morgan fingerprint density at radius 1 is 1.82 bits per heavy atom. The highest BCUT2D eigenvalue weighted by atomic mass is 31.0. The van der Waals surface area contributed by atoms with Crippen LogP contribution >= 0.6 is 9.39 Å². The Bertz CT molecular complexity index is 206. The van der Waals surface area contributed by atoms with Gasteiger partial charge in [0.05, 0.1) is 6.04 Å². The molecule has 1 saturated heterocycles. The van der Waals surface area contributed by atoms with Gasteiger partial charge in [-0.15, -0.1) is 0 Å². The van der Waals surface area contributed by atoms with Crippen molar-refractivity contribution in [2.45, 2.75) is 25.4 Å². The average molecular weight is 175 g/mol. The Labute approximate surface area is 66.8 Å². The van der Waals surface area contributed by atoms with Gasteiger partial charge in [0.2, 0.25) is 0 Å². The maximum absolute atomic E-state index is 11.0. The Kier molecular flexibility index (Phi) is 2.25. The van der Waals surface area contributed by atoms with E-state index in [2.05, 4.69) is 9.39 Å². The van der Waals surface area contributed by atoms with Gasteiger partial charge in [-0.25, -0.2) is 0 Å². The minimum atomic E-state index is -0.933. The lowest BCUT2D eigenvalue weighted by Gasteiger charge is -2.17. The molecule has 0 spiro atoms. The topological polar surface area (TPSA) is 57.6 Å². The summed E-state index contributed by atoms with van der Waals surface area (Å²) in [7, 11) is 2.28. The Morgan fingerprint density at radius 3 is 2.55 bits per heavy atom. The van der Waals surface area contributed by atoms with E-state index in [0.717, 1.165) is 0 Å². The number of hydrogen-bond donors (Lipinski definition) is 1. The standard InChI is InChI=1S/C6H10NO3P/c1-3-5(8)2-4(6(9)10)7(3)11/h3-4H,2,11H2,1H3,(H,9,10). The number of aliphatic carboxylic acids is 1. The Hall–Kier alpha value is -0.470. The van der Waals surface area contributed by atoms with Gasteiger partial charge in [0.15, 0.2) is 5.78 Å². The molecule has 0 aromatic carbocycles. The number of carbonyl (C=O) groups excluding carboxylic acids is 1. The van der Waals surface area contributed by atoms with Crippen molar-refractivity contribution in [1.29, 1.82) is 0 Å². The molecule has 1 N–H and O–H groups in total. The normalized spacial score (nSPS) is 32.7. The van der Waals surface area contributed by atoms with Gasteiger partial charge in [0, 0.05) is 6.42 Å². The second kappa shape index (κ2) is 2.88. The summed E-state index contributed by atoms with van der Waals surface area (Å²) in [5.74, 6) is -0.940. The maximum Gasteiger partial charge on any atom is 0.321 e. The molecule has 0 saturated carbocycles. The molecule has 0 aromatic heterocycles. The minimum Gasteiger partial charge on any atom is -0.480 e. The van der Waals surface area contributed by atoms with Crippen LogP contribution in [0.2, 0.25) is 0 Å². The maximum atomic E-state index is 11.0. The van der Waals surface area contributed by atoms with Crippen LogP contribution in [0.1, 0.15) is 13.3 Å². The van der Waals surface area contributed by atoms with Crippen LogP contribution in [0.5, 0.6) is 0 Å². The molecule has 4 nitrogen and oxygen atoms in total. The van der Waals surface area contributed by atoms with Crippen molar-refractivity contribution >= 4 is 21.1 Å². The van der Waals surface area contributed by atoms with Gasteiger partial charge in [0.1, 0.15) is 6.04 Å². The summed E-state index contributed by atoms with van der Waals surface area (Å²) in [5, 5.41) is 8.61. The van der Waals surface area contributed by atoms with Gasteiger partial charge in [-0.1, -0.05) is 9.39 Å². The van der Waals surface area contributed by atoms with Gasteiger partial charge in [-0.2, -0.15) is 0 Å². The fourth-order valence-electron chi connectivity index (χ4n) is 1.12. The van der Waals surface area contributed by atoms with Crippen LogP contribution in [-0.2, 0) is 9.59 Å². The molecule has 11 heavy (non-hydrogen) atoms. The Morgan fingerprint density at radius 2 is 2.36 bits per heavy atom. The largest absolute Gasteiger partial charge is 0.480 e. The third-order valence-electron chi connectivity index (χ3n) is 1.95. The fraction of sp³-hybridized carbons (Fsp3) is 0.667. The number of hydrogen-bond acceptors (Lipinski definition) is 3. The summed E-state index contributed by atoms with van der Waals surface area (Å²) in [4.78, 5) is 21.5. The molecule has 1 aliphatic heterocycles. The van der Waals surface area contributed by atoms with Crippen LogP contribution in [0.25, 0.3) is 0 Å². The van der Waals surface area contributed by atoms with Crippen LogP contribution in [0, 0.1) is 0 Å². The quantitative estimate of drug-likeness (QED) is 0.565. The second-order valence-electron chi connectivity index (χ2n) is 2.65. The SMILES string of the molecule is CC1C(=O)CC(C(=O)O)N1P. The van der Waals surface area contributed by atoms with E-state index in [4.69, 9.17) is 5.11 Å². The highest BCUT2D eigenvalue weighted by Crippen LogP contribution is 2.24. The van der Waals surface area contributed by atoms with E-state index >= 15 is 0 Å². The number of carbonyl (C=O) groups is 2. The molecule has 3 atom stereocenters. The zero-order chi connectivity index (χ0) is 8.59. The molecule has 1 aliphatic rings. The third kappa shape index (κ3) is 1.42. The molecule has 0 amide bonds. The molecule has 1 heterocycles. The van der Waals surface area contributed by atoms with Crippen LogP contribution < -0.4 is 0 Å². The predicted octanol–water partition coefficient (Wildman–Crippen LogP) is -0.107. The summed E-state index contributed by atoms with van der Waals surface area (Å²) in [5.41, 5.74) is 0. The molecule has 0 aliphatic carbocycles. The van der Waals surface area contributed by atoms with E-state index in [-0.39, 0.29) is 18.2 Å². The minimum absolute atomic E-state index is 0.00704. The van der Waals surface area contributed by atoms with Crippen molar-refractivity contribution in [2.75, 3.05) is 0 Å². The van der Waals surface area contributed by atoms with Crippen LogP contribution in [0.15, 0.2) is 0 Å². The van der Waals surface area contributed by atoms with Gasteiger partial charge >= 0.3 is 5.97 Å². The molecule has 1 rings (SSSR count). The number of carboxylic acids is 1.